The molecule has 0 bridgehead atoms. The molecule has 7 nitrogen and oxygen atoms in total. The highest BCUT2D eigenvalue weighted by Gasteiger charge is 2.32. The van der Waals surface area contributed by atoms with Gasteiger partial charge in [0.25, 0.3) is 0 Å². The molecule has 0 radical (unpaired) electrons. The molecule has 1 aromatic rings. The van der Waals surface area contributed by atoms with Crippen molar-refractivity contribution in [3.05, 3.63) is 59.7 Å². The van der Waals surface area contributed by atoms with E-state index in [0.29, 0.717) is 12.0 Å². The smallest absolute Gasteiger partial charge is 0.334 e. The van der Waals surface area contributed by atoms with Gasteiger partial charge in [-0.3, -0.25) is 0 Å². The number of aliphatic hydroxyl groups excluding tert-OH is 2. The van der Waals surface area contributed by atoms with Crippen molar-refractivity contribution in [2.45, 2.75) is 83.1 Å². The molecule has 1 aliphatic rings. The highest BCUT2D eigenvalue weighted by molar-refractivity contribution is 5.88. The molecule has 8 atom stereocenters. The van der Waals surface area contributed by atoms with Crippen molar-refractivity contribution >= 4 is 5.97 Å². The number of carbonyl (C=O) groups is 1. The lowest BCUT2D eigenvalue weighted by molar-refractivity contribution is -0.145. The van der Waals surface area contributed by atoms with Crippen LogP contribution in [0.3, 0.4) is 0 Å². The summed E-state index contributed by atoms with van der Waals surface area (Å²) in [5, 5.41) is 21.9. The van der Waals surface area contributed by atoms with Crippen LogP contribution in [0.1, 0.15) is 58.1 Å². The lowest BCUT2D eigenvalue weighted by Gasteiger charge is -2.31. The average Bonchev–Trinajstić information content (AvgIpc) is 2.90. The zero-order valence-electron chi connectivity index (χ0n) is 22.5. The second kappa shape index (κ2) is 15.3. The lowest BCUT2D eigenvalue weighted by Crippen LogP contribution is -2.41. The molecule has 0 spiro atoms. The second-order valence-electron chi connectivity index (χ2n) is 9.70. The Hall–Kier alpha value is -2.03. The van der Waals surface area contributed by atoms with E-state index in [1.807, 2.05) is 49.4 Å². The molecule has 2 rings (SSSR count). The zero-order valence-corrected chi connectivity index (χ0v) is 22.5. The molecule has 36 heavy (non-hydrogen) atoms. The van der Waals surface area contributed by atoms with Crippen molar-refractivity contribution in [2.75, 3.05) is 21.3 Å². The average molecular weight is 505 g/mol. The quantitative estimate of drug-likeness (QED) is 0.464. The maximum Gasteiger partial charge on any atom is 0.334 e. The first kappa shape index (κ1) is 30.2. The van der Waals surface area contributed by atoms with Gasteiger partial charge in [0.05, 0.1) is 18.3 Å². The second-order valence-corrected chi connectivity index (χ2v) is 9.70. The van der Waals surface area contributed by atoms with Crippen molar-refractivity contribution in [3.8, 4) is 0 Å². The van der Waals surface area contributed by atoms with Gasteiger partial charge in [-0.05, 0) is 37.8 Å². The number of hydrogen-bond acceptors (Lipinski definition) is 7. The van der Waals surface area contributed by atoms with Gasteiger partial charge in [-0.2, -0.15) is 0 Å². The number of aliphatic hydroxyl groups is 2. The number of carbonyl (C=O) groups excluding carboxylic acids is 1. The van der Waals surface area contributed by atoms with Crippen LogP contribution in [0.2, 0.25) is 0 Å². The van der Waals surface area contributed by atoms with Crippen LogP contribution in [-0.2, 0) is 23.7 Å². The fourth-order valence-corrected chi connectivity index (χ4v) is 4.63. The fourth-order valence-electron chi connectivity index (χ4n) is 4.63. The minimum Gasteiger partial charge on any atom is -0.454 e. The van der Waals surface area contributed by atoms with Gasteiger partial charge in [0.1, 0.15) is 18.3 Å². The van der Waals surface area contributed by atoms with Gasteiger partial charge in [-0.15, -0.1) is 0 Å². The van der Waals surface area contributed by atoms with Gasteiger partial charge in [0.2, 0.25) is 0 Å². The summed E-state index contributed by atoms with van der Waals surface area (Å²) < 4.78 is 22.8. The van der Waals surface area contributed by atoms with Gasteiger partial charge < -0.3 is 29.2 Å². The van der Waals surface area contributed by atoms with Gasteiger partial charge >= 0.3 is 5.97 Å². The number of rotatable bonds is 4. The van der Waals surface area contributed by atoms with Crippen molar-refractivity contribution in [3.63, 3.8) is 0 Å². The van der Waals surface area contributed by atoms with Crippen LogP contribution in [0, 0.1) is 11.8 Å². The fraction of sp³-hybridized carbons (Fsp3) is 0.621. The first-order valence-electron chi connectivity index (χ1n) is 12.8. The number of ether oxygens (including phenoxy) is 4. The lowest BCUT2D eigenvalue weighted by atomic mass is 9.86. The van der Waals surface area contributed by atoms with Crippen LogP contribution in [-0.4, -0.2) is 68.0 Å². The molecule has 1 aliphatic heterocycles. The zero-order chi connectivity index (χ0) is 26.7. The number of cyclic esters (lactones) is 1. The third-order valence-corrected chi connectivity index (χ3v) is 7.13. The standard InChI is InChI=1S/C29H44O7/c1-19-16-17-25(34-5)24(33-4)15-11-10-14-23(22-12-8-7-9-13-22)36-29(32)20(2)18-26(35-6)28(31)21(3)27(19)30/h7-9,12-13,16-19,21,23-28,30-31H,10-11,14-15H2,1-6H3/b17-16+,20-18+/t19-,21+,23-,24-,25+,26-,27-,28-/m0/s1. The Bertz CT molecular complexity index is 837. The summed E-state index contributed by atoms with van der Waals surface area (Å²) in [4.78, 5) is 13.0. The van der Waals surface area contributed by atoms with Crippen molar-refractivity contribution in [1.82, 2.24) is 0 Å². The van der Waals surface area contributed by atoms with Gasteiger partial charge in [0, 0.05) is 38.7 Å². The Labute approximate surface area is 216 Å². The van der Waals surface area contributed by atoms with E-state index in [4.69, 9.17) is 18.9 Å². The van der Waals surface area contributed by atoms with E-state index in [0.717, 1.165) is 24.8 Å². The van der Waals surface area contributed by atoms with E-state index in [-0.39, 0.29) is 18.1 Å². The number of benzene rings is 1. The molecular weight excluding hydrogens is 460 g/mol. The van der Waals surface area contributed by atoms with Gasteiger partial charge in [-0.25, -0.2) is 4.79 Å². The van der Waals surface area contributed by atoms with E-state index in [1.54, 1.807) is 34.1 Å². The predicted molar refractivity (Wildman–Crippen MR) is 139 cm³/mol. The highest BCUT2D eigenvalue weighted by Crippen LogP contribution is 2.27. The highest BCUT2D eigenvalue weighted by atomic mass is 16.5. The maximum absolute atomic E-state index is 13.0. The summed E-state index contributed by atoms with van der Waals surface area (Å²) in [6, 6.07) is 9.70. The van der Waals surface area contributed by atoms with Crippen molar-refractivity contribution in [2.24, 2.45) is 11.8 Å². The molecule has 1 aromatic carbocycles. The Morgan fingerprint density at radius 2 is 1.50 bits per heavy atom. The van der Waals surface area contributed by atoms with Crippen molar-refractivity contribution < 1.29 is 34.0 Å². The summed E-state index contributed by atoms with van der Waals surface area (Å²) in [7, 11) is 4.78. The van der Waals surface area contributed by atoms with Crippen LogP contribution < -0.4 is 0 Å². The molecule has 2 N–H and O–H groups in total. The molecule has 0 amide bonds. The Kier molecular flexibility index (Phi) is 12.8. The maximum atomic E-state index is 13.0. The van der Waals surface area contributed by atoms with Gasteiger partial charge in [0.15, 0.2) is 0 Å². The van der Waals surface area contributed by atoms with E-state index >= 15 is 0 Å². The first-order chi connectivity index (χ1) is 17.2. The number of methoxy groups -OCH3 is 3. The minimum absolute atomic E-state index is 0.154. The summed E-state index contributed by atoms with van der Waals surface area (Å²) in [6.07, 6.45) is 5.08. The van der Waals surface area contributed by atoms with E-state index in [2.05, 4.69) is 0 Å². The third kappa shape index (κ3) is 8.53. The van der Waals surface area contributed by atoms with Crippen LogP contribution >= 0.6 is 0 Å². The van der Waals surface area contributed by atoms with Crippen LogP contribution in [0.25, 0.3) is 0 Å². The minimum atomic E-state index is -1.03. The molecular formula is C29H44O7. The summed E-state index contributed by atoms with van der Waals surface area (Å²) >= 11 is 0. The molecule has 0 saturated heterocycles. The van der Waals surface area contributed by atoms with Gasteiger partial charge in [-0.1, -0.05) is 62.8 Å². The van der Waals surface area contributed by atoms with Crippen LogP contribution in [0.5, 0.6) is 0 Å². The molecule has 0 fully saturated rings. The number of hydrogen-bond donors (Lipinski definition) is 2. The summed E-state index contributed by atoms with van der Waals surface area (Å²) in [5.74, 6) is -1.23. The topological polar surface area (TPSA) is 94.5 Å². The van der Waals surface area contributed by atoms with E-state index in [9.17, 15) is 15.0 Å². The normalized spacial score (nSPS) is 36.1. The largest absolute Gasteiger partial charge is 0.454 e. The van der Waals surface area contributed by atoms with Crippen molar-refractivity contribution in [1.29, 1.82) is 0 Å². The monoisotopic (exact) mass is 504 g/mol. The molecule has 0 unspecified atom stereocenters. The number of esters is 1. The SMILES string of the molecule is CO[C@H]1/C=C(\C)C(=O)O[C@H](c2ccccc2)CCCC[C@H](OC)[C@H](OC)/C=C/[C@H](C)[C@H](O)[C@@H](C)[C@@H]1O. The van der Waals surface area contributed by atoms with Crippen LogP contribution in [0.15, 0.2) is 54.1 Å². The molecule has 0 aromatic heterocycles. The predicted octanol–water partition coefficient (Wildman–Crippen LogP) is 4.39. The third-order valence-electron chi connectivity index (χ3n) is 7.13. The molecule has 1 heterocycles. The molecule has 0 aliphatic carbocycles. The molecule has 7 heteroatoms. The summed E-state index contributed by atoms with van der Waals surface area (Å²) in [6.45, 7) is 5.31. The summed E-state index contributed by atoms with van der Waals surface area (Å²) in [5.41, 5.74) is 1.28. The van der Waals surface area contributed by atoms with E-state index < -0.39 is 36.3 Å². The Morgan fingerprint density at radius 1 is 0.861 bits per heavy atom. The Balaban J connectivity index is 2.38. The molecule has 0 saturated carbocycles. The Morgan fingerprint density at radius 3 is 2.11 bits per heavy atom. The van der Waals surface area contributed by atoms with E-state index in [1.165, 1.54) is 7.11 Å². The van der Waals surface area contributed by atoms with Crippen LogP contribution in [0.4, 0.5) is 0 Å². The first-order valence-corrected chi connectivity index (χ1v) is 12.8. The molecule has 202 valence electrons.